The van der Waals surface area contributed by atoms with Crippen LogP contribution in [0.3, 0.4) is 0 Å². The highest BCUT2D eigenvalue weighted by Gasteiger charge is 2.22. The van der Waals surface area contributed by atoms with Gasteiger partial charge in [0.15, 0.2) is 0 Å². The van der Waals surface area contributed by atoms with Crippen molar-refractivity contribution in [2.45, 2.75) is 20.5 Å². The van der Waals surface area contributed by atoms with Crippen molar-refractivity contribution in [3.8, 4) is 0 Å². The van der Waals surface area contributed by atoms with Crippen LogP contribution in [0.4, 0.5) is 11.4 Å². The van der Waals surface area contributed by atoms with Crippen molar-refractivity contribution in [3.63, 3.8) is 0 Å². The van der Waals surface area contributed by atoms with Gasteiger partial charge < -0.3 is 14.9 Å². The third-order valence-corrected chi connectivity index (χ3v) is 4.88. The third-order valence-electron chi connectivity index (χ3n) is 4.29. The maximum absolute atomic E-state index is 12.8. The van der Waals surface area contributed by atoms with Crippen LogP contribution in [0.5, 0.6) is 0 Å². The van der Waals surface area contributed by atoms with E-state index >= 15 is 0 Å². The molecule has 2 aromatic carbocycles. The van der Waals surface area contributed by atoms with Crippen LogP contribution in [0.25, 0.3) is 0 Å². The van der Waals surface area contributed by atoms with Crippen LogP contribution >= 0.6 is 23.2 Å². The average Bonchev–Trinajstić information content (AvgIpc) is 2.74. The summed E-state index contributed by atoms with van der Waals surface area (Å²) in [4.78, 5) is 30.9. The summed E-state index contributed by atoms with van der Waals surface area (Å²) in [5.74, 6) is -0.640. The normalized spacial score (nSPS) is 10.5. The number of carbonyl (C=O) groups is 1. The molecule has 156 valence electrons. The van der Waals surface area contributed by atoms with Gasteiger partial charge in [0.2, 0.25) is 0 Å². The molecule has 0 bridgehead atoms. The number of carbonyl (C=O) groups excluding carboxylic acids is 1. The second kappa shape index (κ2) is 9.69. The van der Waals surface area contributed by atoms with E-state index in [1.165, 1.54) is 6.20 Å². The van der Waals surface area contributed by atoms with Gasteiger partial charge in [-0.1, -0.05) is 59.6 Å². The molecule has 0 aliphatic rings. The van der Waals surface area contributed by atoms with Crippen molar-refractivity contribution < 1.29 is 14.4 Å². The first-order chi connectivity index (χ1) is 14.4. The predicted octanol–water partition coefficient (Wildman–Crippen LogP) is 5.01. The van der Waals surface area contributed by atoms with Crippen LogP contribution in [0.2, 0.25) is 10.0 Å². The second-order valence-electron chi connectivity index (χ2n) is 6.43. The van der Waals surface area contributed by atoms with E-state index in [0.717, 1.165) is 15.9 Å². The van der Waals surface area contributed by atoms with Crippen molar-refractivity contribution in [2.24, 2.45) is 0 Å². The lowest BCUT2D eigenvalue weighted by Crippen LogP contribution is -2.29. The van der Waals surface area contributed by atoms with Gasteiger partial charge in [-0.2, -0.15) is 0 Å². The van der Waals surface area contributed by atoms with Gasteiger partial charge in [0.05, 0.1) is 18.5 Å². The van der Waals surface area contributed by atoms with Gasteiger partial charge in [0.1, 0.15) is 17.2 Å². The molecule has 0 aliphatic heterocycles. The van der Waals surface area contributed by atoms with Crippen LogP contribution in [-0.2, 0) is 11.3 Å². The summed E-state index contributed by atoms with van der Waals surface area (Å²) in [5.41, 5.74) is 1.91. The number of aryl methyl sites for hydroxylation is 1. The summed E-state index contributed by atoms with van der Waals surface area (Å²) < 4.78 is 6.08. The van der Waals surface area contributed by atoms with Crippen molar-refractivity contribution in [1.82, 2.24) is 4.73 Å². The van der Waals surface area contributed by atoms with Gasteiger partial charge >= 0.3 is 11.5 Å². The highest BCUT2D eigenvalue weighted by Crippen LogP contribution is 2.30. The van der Waals surface area contributed by atoms with Crippen LogP contribution < -0.4 is 15.7 Å². The van der Waals surface area contributed by atoms with Crippen LogP contribution in [0.15, 0.2) is 59.5 Å². The van der Waals surface area contributed by atoms with Crippen molar-refractivity contribution in [3.05, 3.63) is 91.8 Å². The molecule has 30 heavy (non-hydrogen) atoms. The Kier molecular flexibility index (Phi) is 7.03. The molecule has 1 heterocycles. The number of pyridine rings is 1. The first-order valence-electron chi connectivity index (χ1n) is 9.23. The molecule has 6 nitrogen and oxygen atoms in total. The molecule has 0 radical (unpaired) electrons. The van der Waals surface area contributed by atoms with Crippen molar-refractivity contribution in [2.75, 3.05) is 11.9 Å². The Balaban J connectivity index is 2.02. The monoisotopic (exact) mass is 446 g/mol. The van der Waals surface area contributed by atoms with E-state index in [1.807, 2.05) is 43.3 Å². The second-order valence-corrected chi connectivity index (χ2v) is 7.24. The quantitative estimate of drug-likeness (QED) is 0.516. The molecular formula is C22H20Cl2N2O4. The Labute approximate surface area is 183 Å². The number of rotatable bonds is 7. The van der Waals surface area contributed by atoms with Gasteiger partial charge in [-0.05, 0) is 37.1 Å². The Morgan fingerprint density at radius 3 is 2.57 bits per heavy atom. The zero-order chi connectivity index (χ0) is 21.7. The molecule has 1 aromatic heterocycles. The zero-order valence-corrected chi connectivity index (χ0v) is 18.0. The molecule has 0 fully saturated rings. The number of halogens is 2. The summed E-state index contributed by atoms with van der Waals surface area (Å²) in [7, 11) is 0. The average molecular weight is 447 g/mol. The van der Waals surface area contributed by atoms with E-state index in [1.54, 1.807) is 19.1 Å². The molecule has 8 heteroatoms. The number of hydrogen-bond acceptors (Lipinski definition) is 5. The predicted molar refractivity (Wildman–Crippen MR) is 118 cm³/mol. The SMILES string of the molecule is CCOC(=O)c1cn(OCc2ccccc2)c(=O)c(Cl)c1Nc1cc(Cl)ccc1C. The summed E-state index contributed by atoms with van der Waals surface area (Å²) in [6.07, 6.45) is 1.28. The fraction of sp³-hybridized carbons (Fsp3) is 0.182. The fourth-order valence-corrected chi connectivity index (χ4v) is 3.13. The molecule has 3 aromatic rings. The van der Waals surface area contributed by atoms with Crippen LogP contribution in [-0.4, -0.2) is 17.3 Å². The summed E-state index contributed by atoms with van der Waals surface area (Å²) in [6, 6.07) is 14.5. The summed E-state index contributed by atoms with van der Waals surface area (Å²) in [6.45, 7) is 3.84. The number of benzene rings is 2. The number of ether oxygens (including phenoxy) is 1. The highest BCUT2D eigenvalue weighted by atomic mass is 35.5. The smallest absolute Gasteiger partial charge is 0.341 e. The number of aromatic nitrogens is 1. The number of anilines is 2. The van der Waals surface area contributed by atoms with E-state index < -0.39 is 11.5 Å². The number of hydrogen-bond donors (Lipinski definition) is 1. The first kappa shape index (κ1) is 21.7. The van der Waals surface area contributed by atoms with Gasteiger partial charge in [-0.15, -0.1) is 4.73 Å². The molecule has 0 saturated heterocycles. The molecule has 0 aliphatic carbocycles. The van der Waals surface area contributed by atoms with Gasteiger partial charge in [0, 0.05) is 10.7 Å². The lowest BCUT2D eigenvalue weighted by Gasteiger charge is -2.17. The van der Waals surface area contributed by atoms with Crippen LogP contribution in [0.1, 0.15) is 28.4 Å². The summed E-state index contributed by atoms with van der Waals surface area (Å²) >= 11 is 12.4. The standard InChI is InChI=1S/C22H20Cl2N2O4/c1-3-29-22(28)17-12-26(30-13-15-7-5-4-6-8-15)21(27)19(24)20(17)25-18-11-16(23)10-9-14(18)2/h4-12,25H,3,13H2,1-2H3. The molecule has 0 saturated carbocycles. The Bertz CT molecular complexity index is 1110. The van der Waals surface area contributed by atoms with E-state index in [-0.39, 0.29) is 29.5 Å². The highest BCUT2D eigenvalue weighted by molar-refractivity contribution is 6.34. The molecule has 0 unspecified atom stereocenters. The molecular weight excluding hydrogens is 427 g/mol. The topological polar surface area (TPSA) is 69.6 Å². The zero-order valence-electron chi connectivity index (χ0n) is 16.4. The minimum Gasteiger partial charge on any atom is -0.462 e. The molecule has 3 rings (SSSR count). The van der Waals surface area contributed by atoms with Gasteiger partial charge in [-0.3, -0.25) is 4.79 Å². The molecule has 0 atom stereocenters. The van der Waals surface area contributed by atoms with E-state index in [4.69, 9.17) is 32.8 Å². The maximum Gasteiger partial charge on any atom is 0.341 e. The largest absolute Gasteiger partial charge is 0.462 e. The summed E-state index contributed by atoms with van der Waals surface area (Å²) in [5, 5.41) is 3.34. The van der Waals surface area contributed by atoms with E-state index in [9.17, 15) is 9.59 Å². The Morgan fingerprint density at radius 1 is 1.13 bits per heavy atom. The van der Waals surface area contributed by atoms with Gasteiger partial charge in [-0.25, -0.2) is 4.79 Å². The molecule has 1 N–H and O–H groups in total. The van der Waals surface area contributed by atoms with Crippen molar-refractivity contribution in [1.29, 1.82) is 0 Å². The van der Waals surface area contributed by atoms with Crippen molar-refractivity contribution >= 4 is 40.5 Å². The lowest BCUT2D eigenvalue weighted by atomic mass is 10.1. The van der Waals surface area contributed by atoms with Gasteiger partial charge in [0.25, 0.3) is 0 Å². The molecule has 0 spiro atoms. The number of nitrogens with one attached hydrogen (secondary N) is 1. The lowest BCUT2D eigenvalue weighted by molar-refractivity contribution is 0.0514. The van der Waals surface area contributed by atoms with E-state index in [0.29, 0.717) is 10.7 Å². The van der Waals surface area contributed by atoms with E-state index in [2.05, 4.69) is 5.32 Å². The third kappa shape index (κ3) is 4.96. The number of nitrogens with zero attached hydrogens (tertiary/aromatic N) is 1. The fourth-order valence-electron chi connectivity index (χ4n) is 2.73. The Morgan fingerprint density at radius 2 is 1.87 bits per heavy atom. The minimum atomic E-state index is -0.640. The minimum absolute atomic E-state index is 0.0638. The molecule has 0 amide bonds. The Hall–Kier alpha value is -2.96. The van der Waals surface area contributed by atoms with Crippen LogP contribution in [0, 0.1) is 6.92 Å². The maximum atomic E-state index is 12.8. The first-order valence-corrected chi connectivity index (χ1v) is 9.99. The number of esters is 1.